The Morgan fingerprint density at radius 2 is 1.51 bits per heavy atom. The first kappa shape index (κ1) is 24.9. The normalized spacial score (nSPS) is 14.2. The zero-order valence-electron chi connectivity index (χ0n) is 20.7. The summed E-state index contributed by atoms with van der Waals surface area (Å²) in [6.45, 7) is 0.244. The maximum atomic E-state index is 13.9. The Balaban J connectivity index is 1.48. The van der Waals surface area contributed by atoms with Gasteiger partial charge in [0.05, 0.1) is 11.3 Å². The summed E-state index contributed by atoms with van der Waals surface area (Å²) < 4.78 is 6.31. The van der Waals surface area contributed by atoms with Gasteiger partial charge in [-0.25, -0.2) is 0 Å². The van der Waals surface area contributed by atoms with E-state index in [9.17, 15) is 4.79 Å². The Bertz CT molecular complexity index is 1750. The highest BCUT2D eigenvalue weighted by molar-refractivity contribution is 6.38. The standard InChI is InChI=1S/C33H22Cl2N2O2/c34-25-17-15-24(30(35)19-25)21-39-31-18-16-22-9-7-8-14-27(22)28(31)20-29-32(23-10-3-1-4-11-23)36-37(33(29)38)26-12-5-2-6-13-26/h1-20H,21H2/b29-20-. The molecule has 0 N–H and O–H groups in total. The minimum absolute atomic E-state index is 0.209. The van der Waals surface area contributed by atoms with Crippen molar-refractivity contribution in [1.82, 2.24) is 0 Å². The van der Waals surface area contributed by atoms with E-state index in [1.54, 1.807) is 12.1 Å². The molecule has 4 nitrogen and oxygen atoms in total. The van der Waals surface area contributed by atoms with Crippen LogP contribution >= 0.6 is 23.2 Å². The number of nitrogens with zero attached hydrogens (tertiary/aromatic N) is 2. The molecule has 0 radical (unpaired) electrons. The largest absolute Gasteiger partial charge is 0.488 e. The van der Waals surface area contributed by atoms with Crippen LogP contribution in [0.4, 0.5) is 5.69 Å². The summed E-state index contributed by atoms with van der Waals surface area (Å²) in [5.74, 6) is 0.422. The van der Waals surface area contributed by atoms with Crippen LogP contribution in [-0.2, 0) is 11.4 Å². The van der Waals surface area contributed by atoms with Crippen molar-refractivity contribution in [3.8, 4) is 5.75 Å². The van der Waals surface area contributed by atoms with Gasteiger partial charge in [0.25, 0.3) is 5.91 Å². The molecule has 39 heavy (non-hydrogen) atoms. The zero-order valence-corrected chi connectivity index (χ0v) is 22.2. The highest BCUT2D eigenvalue weighted by atomic mass is 35.5. The average Bonchev–Trinajstić information content (AvgIpc) is 3.30. The smallest absolute Gasteiger partial charge is 0.281 e. The van der Waals surface area contributed by atoms with Crippen LogP contribution in [0.5, 0.6) is 5.75 Å². The summed E-state index contributed by atoms with van der Waals surface area (Å²) in [5.41, 5.74) is 4.24. The van der Waals surface area contributed by atoms with Gasteiger partial charge in [-0.1, -0.05) is 108 Å². The van der Waals surface area contributed by atoms with Crippen molar-refractivity contribution >= 4 is 57.4 Å². The van der Waals surface area contributed by atoms with Crippen molar-refractivity contribution in [3.05, 3.63) is 148 Å². The van der Waals surface area contributed by atoms with Crippen LogP contribution in [0.2, 0.25) is 10.0 Å². The zero-order chi connectivity index (χ0) is 26.8. The summed E-state index contributed by atoms with van der Waals surface area (Å²) >= 11 is 12.5. The quantitative estimate of drug-likeness (QED) is 0.199. The second-order valence-corrected chi connectivity index (χ2v) is 9.89. The molecule has 0 aromatic heterocycles. The van der Waals surface area contributed by atoms with Crippen LogP contribution in [-0.4, -0.2) is 11.6 Å². The van der Waals surface area contributed by atoms with E-state index < -0.39 is 0 Å². The predicted molar refractivity (Wildman–Crippen MR) is 160 cm³/mol. The average molecular weight is 549 g/mol. The van der Waals surface area contributed by atoms with Gasteiger partial charge in [0.2, 0.25) is 0 Å². The molecule has 6 heteroatoms. The van der Waals surface area contributed by atoms with Crippen LogP contribution in [0.1, 0.15) is 16.7 Å². The molecule has 1 aliphatic heterocycles. The van der Waals surface area contributed by atoms with Crippen molar-refractivity contribution in [2.24, 2.45) is 5.10 Å². The Kier molecular flexibility index (Phi) is 6.89. The van der Waals surface area contributed by atoms with Gasteiger partial charge in [-0.15, -0.1) is 0 Å². The number of fused-ring (bicyclic) bond motifs is 1. The number of rotatable bonds is 6. The summed E-state index contributed by atoms with van der Waals surface area (Å²) in [6.07, 6.45) is 1.89. The lowest BCUT2D eigenvalue weighted by Crippen LogP contribution is -2.21. The monoisotopic (exact) mass is 548 g/mol. The van der Waals surface area contributed by atoms with Gasteiger partial charge in [-0.2, -0.15) is 10.1 Å². The van der Waals surface area contributed by atoms with Gasteiger partial charge in [0.15, 0.2) is 0 Å². The molecule has 0 bridgehead atoms. The van der Waals surface area contributed by atoms with E-state index in [-0.39, 0.29) is 12.5 Å². The number of hydrogen-bond acceptors (Lipinski definition) is 3. The molecule has 190 valence electrons. The first-order valence-corrected chi connectivity index (χ1v) is 13.2. The summed E-state index contributed by atoms with van der Waals surface area (Å²) in [4.78, 5) is 13.9. The van der Waals surface area contributed by atoms with Crippen LogP contribution in [0, 0.1) is 0 Å². The Labute approximate surface area is 236 Å². The Morgan fingerprint density at radius 3 is 2.28 bits per heavy atom. The lowest BCUT2D eigenvalue weighted by atomic mass is 9.97. The SMILES string of the molecule is O=C1/C(=C\c2c(OCc3ccc(Cl)cc3Cl)ccc3ccccc23)C(c2ccccc2)=NN1c1ccccc1. The summed E-state index contributed by atoms with van der Waals surface area (Å²) in [5, 5.41) is 9.32. The molecule has 0 saturated carbocycles. The van der Waals surface area contributed by atoms with Crippen LogP contribution in [0.25, 0.3) is 16.8 Å². The molecule has 0 unspecified atom stereocenters. The lowest BCUT2D eigenvalue weighted by molar-refractivity contribution is -0.114. The van der Waals surface area contributed by atoms with Crippen LogP contribution in [0.3, 0.4) is 0 Å². The molecule has 0 atom stereocenters. The van der Waals surface area contributed by atoms with E-state index in [0.717, 1.165) is 27.5 Å². The van der Waals surface area contributed by atoms with Gasteiger partial charge in [-0.3, -0.25) is 4.79 Å². The third-order valence-corrected chi connectivity index (χ3v) is 7.13. The van der Waals surface area contributed by atoms with E-state index in [4.69, 9.17) is 33.0 Å². The first-order chi connectivity index (χ1) is 19.1. The fraction of sp³-hybridized carbons (Fsp3) is 0.0303. The molecule has 1 heterocycles. The number of anilines is 1. The fourth-order valence-corrected chi connectivity index (χ4v) is 5.05. The molecule has 0 spiro atoms. The molecule has 6 rings (SSSR count). The van der Waals surface area contributed by atoms with Crippen LogP contribution in [0.15, 0.2) is 126 Å². The number of hydrogen-bond donors (Lipinski definition) is 0. The number of benzene rings is 5. The van der Waals surface area contributed by atoms with Gasteiger partial charge in [-0.05, 0) is 47.2 Å². The predicted octanol–water partition coefficient (Wildman–Crippen LogP) is 8.56. The van der Waals surface area contributed by atoms with E-state index in [2.05, 4.69) is 0 Å². The number of carbonyl (C=O) groups excluding carboxylic acids is 1. The third kappa shape index (κ3) is 5.05. The lowest BCUT2D eigenvalue weighted by Gasteiger charge is -2.14. The van der Waals surface area contributed by atoms with E-state index >= 15 is 0 Å². The van der Waals surface area contributed by atoms with E-state index in [0.29, 0.717) is 32.8 Å². The van der Waals surface area contributed by atoms with Crippen molar-refractivity contribution in [2.75, 3.05) is 5.01 Å². The molecular weight excluding hydrogens is 527 g/mol. The second-order valence-electron chi connectivity index (χ2n) is 9.05. The highest BCUT2D eigenvalue weighted by Gasteiger charge is 2.32. The maximum Gasteiger partial charge on any atom is 0.281 e. The molecule has 5 aromatic rings. The molecule has 1 aliphatic rings. The third-order valence-electron chi connectivity index (χ3n) is 6.54. The number of carbonyl (C=O) groups is 1. The molecule has 1 amide bonds. The van der Waals surface area contributed by atoms with E-state index in [1.807, 2.05) is 109 Å². The minimum Gasteiger partial charge on any atom is -0.488 e. The van der Waals surface area contributed by atoms with Crippen molar-refractivity contribution < 1.29 is 9.53 Å². The summed E-state index contributed by atoms with van der Waals surface area (Å²) in [7, 11) is 0. The number of amides is 1. The number of halogens is 2. The van der Waals surface area contributed by atoms with Gasteiger partial charge in [0.1, 0.15) is 18.1 Å². The Morgan fingerprint density at radius 1 is 0.795 bits per heavy atom. The second kappa shape index (κ2) is 10.8. The van der Waals surface area contributed by atoms with Gasteiger partial charge < -0.3 is 4.74 Å². The highest BCUT2D eigenvalue weighted by Crippen LogP contribution is 2.35. The van der Waals surface area contributed by atoms with Crippen molar-refractivity contribution in [3.63, 3.8) is 0 Å². The van der Waals surface area contributed by atoms with Crippen molar-refractivity contribution in [1.29, 1.82) is 0 Å². The Hall–Kier alpha value is -4.38. The number of hydrazone groups is 1. The number of ether oxygens (including phenoxy) is 1. The molecule has 0 aliphatic carbocycles. The molecule has 0 fully saturated rings. The maximum absolute atomic E-state index is 13.9. The topological polar surface area (TPSA) is 41.9 Å². The minimum atomic E-state index is -0.209. The van der Waals surface area contributed by atoms with Crippen LogP contribution < -0.4 is 9.75 Å². The van der Waals surface area contributed by atoms with Crippen molar-refractivity contribution in [2.45, 2.75) is 6.61 Å². The van der Waals surface area contributed by atoms with Gasteiger partial charge in [0, 0.05) is 26.7 Å². The molecular formula is C33H22Cl2N2O2. The van der Waals surface area contributed by atoms with Gasteiger partial charge >= 0.3 is 0 Å². The number of para-hydroxylation sites is 1. The first-order valence-electron chi connectivity index (χ1n) is 12.4. The molecule has 5 aromatic carbocycles. The van der Waals surface area contributed by atoms with E-state index in [1.165, 1.54) is 5.01 Å². The fourth-order valence-electron chi connectivity index (χ4n) is 4.59. The summed E-state index contributed by atoms with van der Waals surface area (Å²) in [6, 6.07) is 36.5. The molecule has 0 saturated heterocycles.